The Labute approximate surface area is 90.2 Å². The van der Waals surface area contributed by atoms with Crippen LogP contribution in [0.2, 0.25) is 5.02 Å². The van der Waals surface area contributed by atoms with Gasteiger partial charge in [0.2, 0.25) is 0 Å². The SMILES string of the molecule is Cc1csc(-c2c(F)cccc2Cl)n1. The summed E-state index contributed by atoms with van der Waals surface area (Å²) in [6, 6.07) is 4.64. The largest absolute Gasteiger partial charge is 0.241 e. The van der Waals surface area contributed by atoms with Gasteiger partial charge in [-0.3, -0.25) is 0 Å². The molecule has 2 rings (SSSR count). The third kappa shape index (κ3) is 1.65. The fourth-order valence-corrected chi connectivity index (χ4v) is 2.34. The van der Waals surface area contributed by atoms with Crippen LogP contribution in [0.1, 0.15) is 5.69 Å². The van der Waals surface area contributed by atoms with Gasteiger partial charge in [-0.25, -0.2) is 9.37 Å². The molecule has 0 saturated carbocycles. The van der Waals surface area contributed by atoms with Crippen molar-refractivity contribution in [3.63, 3.8) is 0 Å². The normalized spacial score (nSPS) is 10.5. The Balaban J connectivity index is 2.61. The van der Waals surface area contributed by atoms with Gasteiger partial charge in [0.1, 0.15) is 10.8 Å². The number of halogens is 2. The van der Waals surface area contributed by atoms with E-state index >= 15 is 0 Å². The quantitative estimate of drug-likeness (QED) is 0.720. The highest BCUT2D eigenvalue weighted by Crippen LogP contribution is 2.32. The topological polar surface area (TPSA) is 12.9 Å². The van der Waals surface area contributed by atoms with E-state index in [-0.39, 0.29) is 5.82 Å². The van der Waals surface area contributed by atoms with Crippen LogP contribution in [0.5, 0.6) is 0 Å². The Morgan fingerprint density at radius 3 is 2.79 bits per heavy atom. The van der Waals surface area contributed by atoms with Crippen molar-refractivity contribution in [2.24, 2.45) is 0 Å². The van der Waals surface area contributed by atoms with Gasteiger partial charge in [0.25, 0.3) is 0 Å². The molecule has 4 heteroatoms. The second-order valence-electron chi connectivity index (χ2n) is 2.89. The molecule has 1 heterocycles. The fraction of sp³-hybridized carbons (Fsp3) is 0.100. The number of aryl methyl sites for hydroxylation is 1. The molecule has 0 aliphatic heterocycles. The van der Waals surface area contributed by atoms with Crippen molar-refractivity contribution in [2.75, 3.05) is 0 Å². The van der Waals surface area contributed by atoms with Gasteiger partial charge in [-0.1, -0.05) is 17.7 Å². The van der Waals surface area contributed by atoms with E-state index in [4.69, 9.17) is 11.6 Å². The molecule has 72 valence electrons. The zero-order valence-electron chi connectivity index (χ0n) is 7.42. The lowest BCUT2D eigenvalue weighted by atomic mass is 10.2. The maximum Gasteiger partial charge on any atom is 0.134 e. The van der Waals surface area contributed by atoms with Crippen LogP contribution in [0.15, 0.2) is 23.6 Å². The van der Waals surface area contributed by atoms with E-state index in [0.29, 0.717) is 15.6 Å². The van der Waals surface area contributed by atoms with Crippen LogP contribution >= 0.6 is 22.9 Å². The zero-order chi connectivity index (χ0) is 10.1. The number of rotatable bonds is 1. The number of thiazole rings is 1. The lowest BCUT2D eigenvalue weighted by molar-refractivity contribution is 0.631. The lowest BCUT2D eigenvalue weighted by Gasteiger charge is -2.00. The average Bonchev–Trinajstić information content (AvgIpc) is 2.51. The van der Waals surface area contributed by atoms with E-state index in [9.17, 15) is 4.39 Å². The van der Waals surface area contributed by atoms with Gasteiger partial charge in [0.05, 0.1) is 10.6 Å². The molecule has 0 spiro atoms. The summed E-state index contributed by atoms with van der Waals surface area (Å²) in [4.78, 5) is 4.20. The molecule has 0 radical (unpaired) electrons. The molecule has 0 amide bonds. The summed E-state index contributed by atoms with van der Waals surface area (Å²) < 4.78 is 13.4. The van der Waals surface area contributed by atoms with Gasteiger partial charge in [-0.15, -0.1) is 11.3 Å². The highest BCUT2D eigenvalue weighted by Gasteiger charge is 2.12. The molecule has 0 unspecified atom stereocenters. The van der Waals surface area contributed by atoms with Gasteiger partial charge in [-0.05, 0) is 19.1 Å². The summed E-state index contributed by atoms with van der Waals surface area (Å²) >= 11 is 7.30. The minimum Gasteiger partial charge on any atom is -0.241 e. The molecule has 0 aliphatic carbocycles. The van der Waals surface area contributed by atoms with E-state index in [0.717, 1.165) is 5.69 Å². The smallest absolute Gasteiger partial charge is 0.134 e. The molecule has 0 aliphatic rings. The molecule has 1 aromatic carbocycles. The minimum absolute atomic E-state index is 0.327. The third-order valence-electron chi connectivity index (χ3n) is 1.80. The molecular formula is C10H7ClFNS. The van der Waals surface area contributed by atoms with Crippen LogP contribution in [-0.4, -0.2) is 4.98 Å². The third-order valence-corrected chi connectivity index (χ3v) is 3.09. The second-order valence-corrected chi connectivity index (χ2v) is 4.16. The van der Waals surface area contributed by atoms with Gasteiger partial charge in [-0.2, -0.15) is 0 Å². The first-order valence-corrected chi connectivity index (χ1v) is 5.31. The molecule has 0 N–H and O–H groups in total. The molecule has 0 atom stereocenters. The Kier molecular flexibility index (Phi) is 2.52. The van der Waals surface area contributed by atoms with E-state index in [1.807, 2.05) is 12.3 Å². The summed E-state index contributed by atoms with van der Waals surface area (Å²) in [7, 11) is 0. The average molecular weight is 228 g/mol. The standard InChI is InChI=1S/C10H7ClFNS/c1-6-5-14-10(13-6)9-7(11)3-2-4-8(9)12/h2-5H,1H3. The predicted molar refractivity (Wildman–Crippen MR) is 57.3 cm³/mol. The van der Waals surface area contributed by atoms with Crippen LogP contribution in [-0.2, 0) is 0 Å². The van der Waals surface area contributed by atoms with Crippen LogP contribution in [0.4, 0.5) is 4.39 Å². The van der Waals surface area contributed by atoms with Crippen LogP contribution in [0.25, 0.3) is 10.6 Å². The highest BCUT2D eigenvalue weighted by molar-refractivity contribution is 7.13. The van der Waals surface area contributed by atoms with Gasteiger partial charge < -0.3 is 0 Å². The van der Waals surface area contributed by atoms with Gasteiger partial charge in [0, 0.05) is 11.1 Å². The van der Waals surface area contributed by atoms with Crippen molar-refractivity contribution < 1.29 is 4.39 Å². The Morgan fingerprint density at radius 2 is 2.21 bits per heavy atom. The zero-order valence-corrected chi connectivity index (χ0v) is 8.99. The summed E-state index contributed by atoms with van der Waals surface area (Å²) in [6.07, 6.45) is 0. The number of hydrogen-bond acceptors (Lipinski definition) is 2. The van der Waals surface area contributed by atoms with E-state index in [1.165, 1.54) is 17.4 Å². The maximum atomic E-state index is 13.4. The van der Waals surface area contributed by atoms with E-state index in [1.54, 1.807) is 12.1 Å². The monoisotopic (exact) mass is 227 g/mol. The summed E-state index contributed by atoms with van der Waals surface area (Å²) in [5.74, 6) is -0.327. The molecule has 0 bridgehead atoms. The summed E-state index contributed by atoms with van der Waals surface area (Å²) in [5.41, 5.74) is 1.27. The number of aromatic nitrogens is 1. The van der Waals surface area contributed by atoms with Gasteiger partial charge >= 0.3 is 0 Å². The molecule has 0 fully saturated rings. The Morgan fingerprint density at radius 1 is 1.43 bits per heavy atom. The molecule has 1 aromatic heterocycles. The van der Waals surface area contributed by atoms with Crippen molar-refractivity contribution >= 4 is 22.9 Å². The summed E-state index contributed by atoms with van der Waals surface area (Å²) in [6.45, 7) is 1.87. The van der Waals surface area contributed by atoms with E-state index < -0.39 is 0 Å². The number of benzene rings is 1. The summed E-state index contributed by atoms with van der Waals surface area (Å²) in [5, 5.41) is 2.91. The first-order chi connectivity index (χ1) is 6.68. The second kappa shape index (κ2) is 3.67. The molecular weight excluding hydrogens is 221 g/mol. The lowest BCUT2D eigenvalue weighted by Crippen LogP contribution is -1.84. The minimum atomic E-state index is -0.327. The molecule has 2 aromatic rings. The Hall–Kier alpha value is -0.930. The van der Waals surface area contributed by atoms with Crippen molar-refractivity contribution in [3.8, 4) is 10.6 Å². The molecule has 14 heavy (non-hydrogen) atoms. The highest BCUT2D eigenvalue weighted by atomic mass is 35.5. The van der Waals surface area contributed by atoms with Crippen LogP contribution in [0, 0.1) is 12.7 Å². The first kappa shape index (κ1) is 9.62. The predicted octanol–water partition coefficient (Wildman–Crippen LogP) is 3.91. The van der Waals surface area contributed by atoms with Gasteiger partial charge in [0.15, 0.2) is 0 Å². The van der Waals surface area contributed by atoms with Crippen molar-refractivity contribution in [3.05, 3.63) is 40.1 Å². The Bertz CT molecular complexity index is 447. The van der Waals surface area contributed by atoms with Crippen molar-refractivity contribution in [1.29, 1.82) is 0 Å². The fourth-order valence-electron chi connectivity index (χ4n) is 1.17. The first-order valence-electron chi connectivity index (χ1n) is 4.05. The molecule has 0 saturated heterocycles. The van der Waals surface area contributed by atoms with Crippen molar-refractivity contribution in [1.82, 2.24) is 4.98 Å². The van der Waals surface area contributed by atoms with Crippen LogP contribution < -0.4 is 0 Å². The molecule has 1 nitrogen and oxygen atoms in total. The van der Waals surface area contributed by atoms with Crippen molar-refractivity contribution in [2.45, 2.75) is 6.92 Å². The van der Waals surface area contributed by atoms with E-state index in [2.05, 4.69) is 4.98 Å². The number of hydrogen-bond donors (Lipinski definition) is 0. The maximum absolute atomic E-state index is 13.4. The van der Waals surface area contributed by atoms with Crippen LogP contribution in [0.3, 0.4) is 0 Å². The number of nitrogens with zero attached hydrogens (tertiary/aromatic N) is 1.